The van der Waals surface area contributed by atoms with Crippen molar-refractivity contribution in [2.45, 2.75) is 6.92 Å². The number of rotatable bonds is 5. The van der Waals surface area contributed by atoms with Crippen LogP contribution in [0.2, 0.25) is 0 Å². The Balaban J connectivity index is 3.92. The molecular formula is C6H17N2O3P. The predicted octanol–water partition coefficient (Wildman–Crippen LogP) is -0.0374. The Bertz CT molecular complexity index is 168. The highest BCUT2D eigenvalue weighted by molar-refractivity contribution is 7.51. The molecule has 0 aliphatic rings. The molecule has 0 aliphatic carbocycles. The van der Waals surface area contributed by atoms with Gasteiger partial charge in [-0.05, 0) is 20.6 Å². The van der Waals surface area contributed by atoms with Gasteiger partial charge in [-0.2, -0.15) is 0 Å². The Labute approximate surface area is 73.1 Å². The third-order valence-electron chi connectivity index (χ3n) is 1.31. The first-order valence-corrected chi connectivity index (χ1v) is 5.56. The van der Waals surface area contributed by atoms with E-state index in [1.807, 2.05) is 25.9 Å². The number of nitrogens with zero attached hydrogens (tertiary/aromatic N) is 2. The fourth-order valence-corrected chi connectivity index (χ4v) is 1.72. The molecule has 0 atom stereocenters. The van der Waals surface area contributed by atoms with E-state index in [9.17, 15) is 4.57 Å². The second-order valence-electron chi connectivity index (χ2n) is 3.01. The summed E-state index contributed by atoms with van der Waals surface area (Å²) in [7, 11) is -0.168. The van der Waals surface area contributed by atoms with Crippen LogP contribution in [0, 0.1) is 0 Å². The molecule has 5 nitrogen and oxygen atoms in total. The standard InChI is InChI=1S/C6H17N2O3P/c1-4-8(5-7(2)3)6-12(9,10)11/h4-6H2,1-3H3,(H2,9,10,11). The average molecular weight is 196 g/mol. The largest absolute Gasteiger partial charge is 0.339 e. The van der Waals surface area contributed by atoms with Gasteiger partial charge in [-0.1, -0.05) is 6.92 Å². The van der Waals surface area contributed by atoms with Gasteiger partial charge in [0.25, 0.3) is 0 Å². The summed E-state index contributed by atoms with van der Waals surface area (Å²) in [5.74, 6) is 0. The summed E-state index contributed by atoms with van der Waals surface area (Å²) in [4.78, 5) is 20.9. The molecule has 0 spiro atoms. The van der Waals surface area contributed by atoms with Gasteiger partial charge in [0.05, 0.1) is 6.67 Å². The van der Waals surface area contributed by atoms with Gasteiger partial charge >= 0.3 is 7.60 Å². The molecule has 0 aromatic carbocycles. The van der Waals surface area contributed by atoms with Crippen LogP contribution in [0.25, 0.3) is 0 Å². The highest BCUT2D eigenvalue weighted by atomic mass is 31.2. The predicted molar refractivity (Wildman–Crippen MR) is 47.8 cm³/mol. The van der Waals surface area contributed by atoms with E-state index in [2.05, 4.69) is 0 Å². The van der Waals surface area contributed by atoms with Crippen LogP contribution in [0.5, 0.6) is 0 Å². The normalized spacial score (nSPS) is 12.9. The van der Waals surface area contributed by atoms with Crippen molar-refractivity contribution in [3.63, 3.8) is 0 Å². The molecule has 74 valence electrons. The summed E-state index contributed by atoms with van der Waals surface area (Å²) in [6.45, 7) is 3.09. The molecule has 0 fully saturated rings. The molecule has 12 heavy (non-hydrogen) atoms. The van der Waals surface area contributed by atoms with Crippen molar-refractivity contribution in [3.05, 3.63) is 0 Å². The zero-order chi connectivity index (χ0) is 9.78. The van der Waals surface area contributed by atoms with E-state index in [0.29, 0.717) is 13.2 Å². The van der Waals surface area contributed by atoms with Gasteiger partial charge in [0.15, 0.2) is 0 Å². The van der Waals surface area contributed by atoms with Crippen molar-refractivity contribution in [2.75, 3.05) is 33.6 Å². The number of hydrogen-bond donors (Lipinski definition) is 2. The minimum Gasteiger partial charge on any atom is -0.324 e. The highest BCUT2D eigenvalue weighted by Gasteiger charge is 2.17. The third kappa shape index (κ3) is 6.76. The van der Waals surface area contributed by atoms with Gasteiger partial charge in [0.1, 0.15) is 6.29 Å². The Morgan fingerprint density at radius 1 is 1.33 bits per heavy atom. The molecule has 2 N–H and O–H groups in total. The molecule has 0 aromatic heterocycles. The van der Waals surface area contributed by atoms with Crippen molar-refractivity contribution in [3.8, 4) is 0 Å². The first-order valence-electron chi connectivity index (χ1n) is 3.77. The first kappa shape index (κ1) is 12.1. The van der Waals surface area contributed by atoms with Crippen LogP contribution in [0.3, 0.4) is 0 Å². The van der Waals surface area contributed by atoms with Crippen LogP contribution in [0.15, 0.2) is 0 Å². The quantitative estimate of drug-likeness (QED) is 0.477. The summed E-state index contributed by atoms with van der Waals surface area (Å²) in [5.41, 5.74) is 0. The van der Waals surface area contributed by atoms with E-state index in [1.54, 1.807) is 4.90 Å². The lowest BCUT2D eigenvalue weighted by molar-refractivity contribution is 0.195. The Morgan fingerprint density at radius 2 is 1.83 bits per heavy atom. The molecule has 0 aromatic rings. The van der Waals surface area contributed by atoms with Crippen molar-refractivity contribution in [1.29, 1.82) is 0 Å². The fourth-order valence-electron chi connectivity index (χ4n) is 0.905. The summed E-state index contributed by atoms with van der Waals surface area (Å²) < 4.78 is 10.6. The van der Waals surface area contributed by atoms with E-state index < -0.39 is 7.60 Å². The smallest absolute Gasteiger partial charge is 0.324 e. The third-order valence-corrected chi connectivity index (χ3v) is 2.08. The van der Waals surface area contributed by atoms with E-state index in [1.165, 1.54) is 0 Å². The zero-order valence-electron chi connectivity index (χ0n) is 7.77. The van der Waals surface area contributed by atoms with Crippen molar-refractivity contribution >= 4 is 7.60 Å². The summed E-state index contributed by atoms with van der Waals surface area (Å²) in [5, 5.41) is 0. The molecular weight excluding hydrogens is 179 g/mol. The topological polar surface area (TPSA) is 64.0 Å². The van der Waals surface area contributed by atoms with Gasteiger partial charge in [-0.15, -0.1) is 0 Å². The van der Waals surface area contributed by atoms with Gasteiger partial charge in [0, 0.05) is 0 Å². The van der Waals surface area contributed by atoms with Crippen LogP contribution in [0.4, 0.5) is 0 Å². The average Bonchev–Trinajstić information content (AvgIpc) is 1.82. The van der Waals surface area contributed by atoms with Crippen LogP contribution in [-0.4, -0.2) is 53.2 Å². The lowest BCUT2D eigenvalue weighted by Crippen LogP contribution is -2.34. The maximum Gasteiger partial charge on any atom is 0.339 e. The minimum absolute atomic E-state index is 0.165. The summed E-state index contributed by atoms with van der Waals surface area (Å²) in [6, 6.07) is 0. The Hall–Kier alpha value is 0.0700. The van der Waals surface area contributed by atoms with Crippen molar-refractivity contribution in [2.24, 2.45) is 0 Å². The molecule has 0 aliphatic heterocycles. The molecule has 6 heteroatoms. The lowest BCUT2D eigenvalue weighted by atomic mass is 10.6. The monoisotopic (exact) mass is 196 g/mol. The van der Waals surface area contributed by atoms with Gasteiger partial charge in [-0.3, -0.25) is 14.4 Å². The molecule has 0 radical (unpaired) electrons. The molecule has 0 rings (SSSR count). The Kier molecular flexibility index (Phi) is 4.97. The van der Waals surface area contributed by atoms with E-state index >= 15 is 0 Å². The van der Waals surface area contributed by atoms with Crippen LogP contribution in [-0.2, 0) is 4.57 Å². The van der Waals surface area contributed by atoms with Gasteiger partial charge in [0.2, 0.25) is 0 Å². The SMILES string of the molecule is CCN(CN(C)C)CP(=O)(O)O. The first-order chi connectivity index (χ1) is 5.35. The maximum atomic E-state index is 10.6. The summed E-state index contributed by atoms with van der Waals surface area (Å²) >= 11 is 0. The van der Waals surface area contributed by atoms with Crippen LogP contribution >= 0.6 is 7.60 Å². The molecule has 0 heterocycles. The van der Waals surface area contributed by atoms with Crippen molar-refractivity contribution < 1.29 is 14.4 Å². The molecule has 0 unspecified atom stereocenters. The van der Waals surface area contributed by atoms with Crippen LogP contribution in [0.1, 0.15) is 6.92 Å². The molecule has 0 amide bonds. The zero-order valence-corrected chi connectivity index (χ0v) is 8.66. The minimum atomic E-state index is -3.90. The number of hydrogen-bond acceptors (Lipinski definition) is 3. The molecule has 0 saturated heterocycles. The van der Waals surface area contributed by atoms with Gasteiger partial charge < -0.3 is 9.79 Å². The highest BCUT2D eigenvalue weighted by Crippen LogP contribution is 2.34. The Morgan fingerprint density at radius 3 is 2.08 bits per heavy atom. The fraction of sp³-hybridized carbons (Fsp3) is 1.00. The van der Waals surface area contributed by atoms with Gasteiger partial charge in [-0.25, -0.2) is 0 Å². The van der Waals surface area contributed by atoms with Crippen LogP contribution < -0.4 is 0 Å². The van der Waals surface area contributed by atoms with E-state index in [0.717, 1.165) is 0 Å². The molecule has 0 saturated carbocycles. The lowest BCUT2D eigenvalue weighted by Gasteiger charge is -2.24. The second kappa shape index (κ2) is 4.94. The maximum absolute atomic E-state index is 10.6. The molecule has 0 bridgehead atoms. The van der Waals surface area contributed by atoms with E-state index in [4.69, 9.17) is 9.79 Å². The van der Waals surface area contributed by atoms with E-state index in [-0.39, 0.29) is 6.29 Å². The summed E-state index contributed by atoms with van der Waals surface area (Å²) in [6.07, 6.45) is -0.165. The van der Waals surface area contributed by atoms with Crippen molar-refractivity contribution in [1.82, 2.24) is 9.80 Å². The second-order valence-corrected chi connectivity index (χ2v) is 4.63.